The highest BCUT2D eigenvalue weighted by atomic mass is 16.3. The van der Waals surface area contributed by atoms with E-state index in [-0.39, 0.29) is 34.3 Å². The molecule has 0 saturated heterocycles. The number of ketones is 1. The summed E-state index contributed by atoms with van der Waals surface area (Å²) in [5.41, 5.74) is 1.93. The van der Waals surface area contributed by atoms with Crippen molar-refractivity contribution < 1.29 is 25.2 Å². The summed E-state index contributed by atoms with van der Waals surface area (Å²) in [5.74, 6) is -2.18. The van der Waals surface area contributed by atoms with E-state index in [0.717, 1.165) is 5.56 Å². The number of hydrogen-bond acceptors (Lipinski definition) is 5. The number of carbonyl (C=O) groups excluding carboxylic acids is 1. The first-order valence-electron chi connectivity index (χ1n) is 8.13. The number of carbonyl (C=O) groups is 1. The number of hydrogen-bond donors (Lipinski definition) is 4. The van der Waals surface area contributed by atoms with Crippen molar-refractivity contribution in [1.29, 1.82) is 0 Å². The second-order valence-corrected chi connectivity index (χ2v) is 6.44. The standard InChI is InChI=1S/C21H16O5/c22-13-6-12(7-14(23)8-13)19-18(11-4-2-1-3-5-11)20-16(21(19)26)9-15(24)10-17(20)25/h1-10,18-19,22-25H/t18-,19-/m0/s1. The predicted octanol–water partition coefficient (Wildman–Crippen LogP) is 3.62. The molecule has 0 heterocycles. The zero-order chi connectivity index (χ0) is 18.4. The van der Waals surface area contributed by atoms with Gasteiger partial charge in [0.25, 0.3) is 0 Å². The average Bonchev–Trinajstić information content (AvgIpc) is 2.88. The minimum Gasteiger partial charge on any atom is -0.508 e. The van der Waals surface area contributed by atoms with Gasteiger partial charge in [-0.1, -0.05) is 30.3 Å². The third-order valence-electron chi connectivity index (χ3n) is 4.78. The zero-order valence-electron chi connectivity index (χ0n) is 13.6. The van der Waals surface area contributed by atoms with Crippen LogP contribution in [0.4, 0.5) is 0 Å². The third-order valence-corrected chi connectivity index (χ3v) is 4.78. The lowest BCUT2D eigenvalue weighted by atomic mass is 9.81. The van der Waals surface area contributed by atoms with Crippen molar-refractivity contribution >= 4 is 5.78 Å². The first kappa shape index (κ1) is 16.0. The molecule has 0 aliphatic heterocycles. The van der Waals surface area contributed by atoms with Gasteiger partial charge in [-0.2, -0.15) is 0 Å². The summed E-state index contributed by atoms with van der Waals surface area (Å²) in [6.45, 7) is 0. The summed E-state index contributed by atoms with van der Waals surface area (Å²) in [7, 11) is 0. The number of rotatable bonds is 2. The third kappa shape index (κ3) is 2.45. The first-order chi connectivity index (χ1) is 12.5. The fourth-order valence-corrected chi connectivity index (χ4v) is 3.80. The Hall–Kier alpha value is -3.47. The number of aromatic hydroxyl groups is 4. The van der Waals surface area contributed by atoms with E-state index in [4.69, 9.17) is 0 Å². The maximum Gasteiger partial charge on any atom is 0.171 e. The molecular weight excluding hydrogens is 332 g/mol. The van der Waals surface area contributed by atoms with E-state index in [9.17, 15) is 25.2 Å². The number of Topliss-reactive ketones (excluding diaryl/α,β-unsaturated/α-hetero) is 1. The summed E-state index contributed by atoms with van der Waals surface area (Å²) >= 11 is 0. The molecule has 1 aliphatic rings. The molecule has 0 bridgehead atoms. The SMILES string of the molecule is O=C1c2cc(O)cc(O)c2[C@@H](c2ccccc2)[C@@H]1c1cc(O)cc(O)c1. The molecule has 3 aromatic carbocycles. The smallest absolute Gasteiger partial charge is 0.171 e. The maximum atomic E-state index is 13.1. The van der Waals surface area contributed by atoms with Crippen molar-refractivity contribution in [1.82, 2.24) is 0 Å². The van der Waals surface area contributed by atoms with Crippen molar-refractivity contribution in [2.24, 2.45) is 0 Å². The van der Waals surface area contributed by atoms with E-state index in [1.807, 2.05) is 30.3 Å². The molecule has 0 aromatic heterocycles. The molecule has 0 unspecified atom stereocenters. The van der Waals surface area contributed by atoms with Crippen LogP contribution in [0.5, 0.6) is 23.0 Å². The van der Waals surface area contributed by atoms with Crippen molar-refractivity contribution in [3.8, 4) is 23.0 Å². The van der Waals surface area contributed by atoms with Crippen molar-refractivity contribution in [3.05, 3.63) is 82.9 Å². The number of phenolic OH excluding ortho intramolecular Hbond substituents is 4. The van der Waals surface area contributed by atoms with Crippen LogP contribution in [0.25, 0.3) is 0 Å². The summed E-state index contributed by atoms with van der Waals surface area (Å²) in [4.78, 5) is 13.1. The van der Waals surface area contributed by atoms with Crippen molar-refractivity contribution in [2.75, 3.05) is 0 Å². The number of fused-ring (bicyclic) bond motifs is 1. The highest BCUT2D eigenvalue weighted by molar-refractivity contribution is 6.08. The van der Waals surface area contributed by atoms with E-state index in [0.29, 0.717) is 11.1 Å². The monoisotopic (exact) mass is 348 g/mol. The van der Waals surface area contributed by atoms with Gasteiger partial charge >= 0.3 is 0 Å². The molecule has 5 nitrogen and oxygen atoms in total. The average molecular weight is 348 g/mol. The zero-order valence-corrected chi connectivity index (χ0v) is 13.6. The summed E-state index contributed by atoms with van der Waals surface area (Å²) in [5, 5.41) is 39.9. The number of phenols is 4. The Bertz CT molecular complexity index is 990. The fraction of sp³-hybridized carbons (Fsp3) is 0.0952. The maximum absolute atomic E-state index is 13.1. The Morgan fingerprint density at radius 1 is 0.654 bits per heavy atom. The molecule has 130 valence electrons. The molecule has 0 fully saturated rings. The van der Waals surface area contributed by atoms with Crippen LogP contribution in [0.15, 0.2) is 60.7 Å². The van der Waals surface area contributed by atoms with Crippen LogP contribution in [0.3, 0.4) is 0 Å². The highest BCUT2D eigenvalue weighted by Gasteiger charge is 2.43. The van der Waals surface area contributed by atoms with Gasteiger partial charge in [0.05, 0.1) is 5.92 Å². The summed E-state index contributed by atoms with van der Waals surface area (Å²) in [6.07, 6.45) is 0. The van der Waals surface area contributed by atoms with Crippen LogP contribution in [0, 0.1) is 0 Å². The van der Waals surface area contributed by atoms with Crippen LogP contribution in [0.1, 0.15) is 38.9 Å². The summed E-state index contributed by atoms with van der Waals surface area (Å²) in [6, 6.07) is 15.9. The Morgan fingerprint density at radius 2 is 1.27 bits per heavy atom. The lowest BCUT2D eigenvalue weighted by molar-refractivity contribution is 0.0968. The molecular formula is C21H16O5. The molecule has 1 aliphatic carbocycles. The lowest BCUT2D eigenvalue weighted by Gasteiger charge is -2.21. The molecule has 0 spiro atoms. The van der Waals surface area contributed by atoms with E-state index in [1.165, 1.54) is 30.3 Å². The fourth-order valence-electron chi connectivity index (χ4n) is 3.80. The predicted molar refractivity (Wildman–Crippen MR) is 94.9 cm³/mol. The molecule has 0 amide bonds. The van der Waals surface area contributed by atoms with Gasteiger partial charge in [-0.25, -0.2) is 0 Å². The van der Waals surface area contributed by atoms with E-state index in [1.54, 1.807) is 0 Å². The topological polar surface area (TPSA) is 98.0 Å². The van der Waals surface area contributed by atoms with Gasteiger partial charge in [0.2, 0.25) is 0 Å². The van der Waals surface area contributed by atoms with Crippen LogP contribution < -0.4 is 0 Å². The highest BCUT2D eigenvalue weighted by Crippen LogP contribution is 2.52. The second-order valence-electron chi connectivity index (χ2n) is 6.44. The Kier molecular flexibility index (Phi) is 3.58. The molecule has 4 N–H and O–H groups in total. The van der Waals surface area contributed by atoms with Gasteiger partial charge in [0, 0.05) is 29.2 Å². The molecule has 5 heteroatoms. The molecule has 0 radical (unpaired) electrons. The van der Waals surface area contributed by atoms with Crippen molar-refractivity contribution in [3.63, 3.8) is 0 Å². The quantitative estimate of drug-likeness (QED) is 0.567. The largest absolute Gasteiger partial charge is 0.508 e. The molecule has 3 aromatic rings. The lowest BCUT2D eigenvalue weighted by Crippen LogP contribution is -2.13. The van der Waals surface area contributed by atoms with E-state index in [2.05, 4.69) is 0 Å². The van der Waals surface area contributed by atoms with Gasteiger partial charge in [-0.3, -0.25) is 4.79 Å². The van der Waals surface area contributed by atoms with Crippen LogP contribution in [0.2, 0.25) is 0 Å². The van der Waals surface area contributed by atoms with E-state index >= 15 is 0 Å². The van der Waals surface area contributed by atoms with Crippen LogP contribution in [-0.2, 0) is 0 Å². The molecule has 2 atom stereocenters. The van der Waals surface area contributed by atoms with Gasteiger partial charge in [-0.05, 0) is 29.3 Å². The molecule has 0 saturated carbocycles. The van der Waals surface area contributed by atoms with Gasteiger partial charge in [-0.15, -0.1) is 0 Å². The van der Waals surface area contributed by atoms with Gasteiger partial charge in [0.15, 0.2) is 5.78 Å². The normalized spacial score (nSPS) is 18.7. The van der Waals surface area contributed by atoms with Crippen LogP contribution >= 0.6 is 0 Å². The van der Waals surface area contributed by atoms with E-state index < -0.39 is 11.8 Å². The Morgan fingerprint density at radius 3 is 1.92 bits per heavy atom. The summed E-state index contributed by atoms with van der Waals surface area (Å²) < 4.78 is 0. The van der Waals surface area contributed by atoms with Gasteiger partial charge < -0.3 is 20.4 Å². The van der Waals surface area contributed by atoms with Crippen molar-refractivity contribution in [2.45, 2.75) is 11.8 Å². The Labute approximate surface area is 149 Å². The Balaban J connectivity index is 1.98. The first-order valence-corrected chi connectivity index (χ1v) is 8.13. The minimum atomic E-state index is -0.738. The van der Waals surface area contributed by atoms with Crippen LogP contribution in [-0.4, -0.2) is 26.2 Å². The molecule has 26 heavy (non-hydrogen) atoms. The second kappa shape index (κ2) is 5.81. The minimum absolute atomic E-state index is 0.150. The molecule has 4 rings (SSSR count). The number of benzene rings is 3. The van der Waals surface area contributed by atoms with Gasteiger partial charge in [0.1, 0.15) is 23.0 Å².